The van der Waals surface area contributed by atoms with E-state index in [9.17, 15) is 8.42 Å². The summed E-state index contributed by atoms with van der Waals surface area (Å²) < 4.78 is 55.4. The predicted molar refractivity (Wildman–Crippen MR) is 159 cm³/mol. The van der Waals surface area contributed by atoms with Crippen molar-refractivity contribution in [2.24, 2.45) is 0 Å². The molecule has 2 saturated heterocycles. The van der Waals surface area contributed by atoms with Crippen LogP contribution in [0.25, 0.3) is 16.7 Å². The average molecular weight is 597 g/mol. The lowest BCUT2D eigenvalue weighted by molar-refractivity contribution is 0.278. The number of rotatable bonds is 6. The number of aromatic nitrogens is 4. The Morgan fingerprint density at radius 1 is 1.02 bits per heavy atom. The van der Waals surface area contributed by atoms with Crippen LogP contribution in [0.1, 0.15) is 25.0 Å². The van der Waals surface area contributed by atoms with Crippen molar-refractivity contribution in [2.75, 3.05) is 47.9 Å². The Balaban J connectivity index is 1.22. The average Bonchev–Trinajstić information content (AvgIpc) is 3.34. The molecular formula is C29H34F2N8O2S. The molecule has 0 aliphatic carbocycles. The molecule has 0 amide bonds. The second-order valence-electron chi connectivity index (χ2n) is 11.3. The molecule has 2 aliphatic rings. The van der Waals surface area contributed by atoms with Gasteiger partial charge in [-0.1, -0.05) is 0 Å². The van der Waals surface area contributed by atoms with Crippen molar-refractivity contribution in [1.82, 2.24) is 29.7 Å². The molecule has 2 aliphatic heterocycles. The van der Waals surface area contributed by atoms with E-state index in [1.54, 1.807) is 34.1 Å². The molecule has 1 aromatic carbocycles. The summed E-state index contributed by atoms with van der Waals surface area (Å²) in [5, 5.41) is 7.46. The van der Waals surface area contributed by atoms with E-state index in [0.29, 0.717) is 29.1 Å². The van der Waals surface area contributed by atoms with Crippen LogP contribution < -0.4 is 15.5 Å². The number of hydrogen-bond acceptors (Lipinski definition) is 9. The molecule has 222 valence electrons. The third-order valence-corrected chi connectivity index (χ3v) is 9.42. The van der Waals surface area contributed by atoms with E-state index in [1.165, 1.54) is 12.1 Å². The van der Waals surface area contributed by atoms with Gasteiger partial charge in [-0.25, -0.2) is 27.2 Å². The minimum absolute atomic E-state index is 0.00571. The number of benzene rings is 1. The number of fused-ring (bicyclic) bond motifs is 1. The van der Waals surface area contributed by atoms with Gasteiger partial charge < -0.3 is 20.1 Å². The lowest BCUT2D eigenvalue weighted by Gasteiger charge is -2.37. The number of hydrogen-bond donors (Lipinski definition) is 2. The van der Waals surface area contributed by atoms with Crippen molar-refractivity contribution in [3.05, 3.63) is 65.6 Å². The fraction of sp³-hybridized carbons (Fsp3) is 0.414. The van der Waals surface area contributed by atoms with Crippen molar-refractivity contribution in [3.8, 4) is 5.69 Å². The number of nitrogens with zero attached hydrogens (tertiary/aromatic N) is 6. The van der Waals surface area contributed by atoms with Crippen LogP contribution in [0.15, 0.2) is 42.9 Å². The molecule has 0 unspecified atom stereocenters. The van der Waals surface area contributed by atoms with Crippen LogP contribution in [-0.4, -0.2) is 82.6 Å². The van der Waals surface area contributed by atoms with Gasteiger partial charge in [-0.3, -0.25) is 4.90 Å². The summed E-state index contributed by atoms with van der Waals surface area (Å²) in [4.78, 5) is 17.8. The molecule has 10 nitrogen and oxygen atoms in total. The van der Waals surface area contributed by atoms with E-state index in [4.69, 9.17) is 4.98 Å². The highest BCUT2D eigenvalue weighted by Crippen LogP contribution is 2.27. The summed E-state index contributed by atoms with van der Waals surface area (Å²) >= 11 is 0. The van der Waals surface area contributed by atoms with Crippen molar-refractivity contribution in [1.29, 1.82) is 0 Å². The molecule has 3 aromatic heterocycles. The molecule has 13 heteroatoms. The number of aryl methyl sites for hydroxylation is 1. The Morgan fingerprint density at radius 3 is 2.38 bits per heavy atom. The number of pyridine rings is 1. The molecule has 2 atom stereocenters. The third kappa shape index (κ3) is 5.94. The highest BCUT2D eigenvalue weighted by atomic mass is 32.2. The quantitative estimate of drug-likeness (QED) is 0.346. The van der Waals surface area contributed by atoms with Crippen molar-refractivity contribution in [3.63, 3.8) is 0 Å². The topological polar surface area (TPSA) is 108 Å². The summed E-state index contributed by atoms with van der Waals surface area (Å²) in [7, 11) is -3.08. The van der Waals surface area contributed by atoms with E-state index >= 15 is 8.78 Å². The van der Waals surface area contributed by atoms with E-state index in [-0.39, 0.29) is 42.4 Å². The Labute approximate surface area is 243 Å². The summed E-state index contributed by atoms with van der Waals surface area (Å²) in [6.07, 6.45) is 5.11. The van der Waals surface area contributed by atoms with Gasteiger partial charge in [0.2, 0.25) is 5.95 Å². The fourth-order valence-electron chi connectivity index (χ4n) is 5.79. The van der Waals surface area contributed by atoms with Gasteiger partial charge in [-0.15, -0.1) is 0 Å². The standard InChI is InChI=1S/C29H34F2N8O2S/c1-18-10-22(14-32-27(18)38-15-19(2)34-20(3)16-38)35-29-33-13-21-4-5-39(28(21)36-29)23-11-25(30)24(26(31)12-23)17-37-6-8-42(40,41)9-7-37/h4-5,10-14,19-20,34H,6-9,15-17H2,1-3H3,(H,33,35,36)/t19-,20+. The zero-order chi connectivity index (χ0) is 29.6. The first-order chi connectivity index (χ1) is 20.0. The summed E-state index contributed by atoms with van der Waals surface area (Å²) in [5.74, 6) is -0.116. The van der Waals surface area contributed by atoms with Crippen LogP contribution in [-0.2, 0) is 16.4 Å². The molecule has 0 bridgehead atoms. The van der Waals surface area contributed by atoms with E-state index in [0.717, 1.165) is 30.2 Å². The van der Waals surface area contributed by atoms with Gasteiger partial charge >= 0.3 is 0 Å². The first kappa shape index (κ1) is 28.4. The molecule has 5 heterocycles. The maximum Gasteiger partial charge on any atom is 0.229 e. The lowest BCUT2D eigenvalue weighted by atomic mass is 10.1. The predicted octanol–water partition coefficient (Wildman–Crippen LogP) is 3.56. The normalized spacial score (nSPS) is 21.1. The molecule has 2 fully saturated rings. The molecule has 2 N–H and O–H groups in total. The Kier molecular flexibility index (Phi) is 7.58. The largest absolute Gasteiger partial charge is 0.353 e. The molecule has 0 saturated carbocycles. The molecule has 6 rings (SSSR count). The summed E-state index contributed by atoms with van der Waals surface area (Å²) in [6.45, 7) is 8.64. The van der Waals surface area contributed by atoms with Crippen LogP contribution in [0.5, 0.6) is 0 Å². The maximum absolute atomic E-state index is 15.2. The third-order valence-electron chi connectivity index (χ3n) is 7.81. The molecular weight excluding hydrogens is 562 g/mol. The second-order valence-corrected chi connectivity index (χ2v) is 13.6. The van der Waals surface area contributed by atoms with Crippen LogP contribution >= 0.6 is 0 Å². The first-order valence-corrected chi connectivity index (χ1v) is 15.9. The van der Waals surface area contributed by atoms with Gasteiger partial charge in [0.1, 0.15) is 23.1 Å². The second kappa shape index (κ2) is 11.2. The highest BCUT2D eigenvalue weighted by Gasteiger charge is 2.25. The van der Waals surface area contributed by atoms with Crippen LogP contribution in [0, 0.1) is 18.6 Å². The van der Waals surface area contributed by atoms with Gasteiger partial charge in [0.15, 0.2) is 9.84 Å². The van der Waals surface area contributed by atoms with Gasteiger partial charge in [-0.2, -0.15) is 4.98 Å². The SMILES string of the molecule is Cc1cc(Nc2ncc3ccn(-c4cc(F)c(CN5CCS(=O)(=O)CC5)c(F)c4)c3n2)cnc1N1C[C@@H](C)N[C@@H](C)C1. The lowest BCUT2D eigenvalue weighted by Crippen LogP contribution is -2.54. The number of nitrogens with one attached hydrogen (secondary N) is 2. The van der Waals surface area contributed by atoms with Gasteiger partial charge in [0, 0.05) is 68.2 Å². The Bertz CT molecular complexity index is 1700. The van der Waals surface area contributed by atoms with Crippen molar-refractivity contribution in [2.45, 2.75) is 39.4 Å². The highest BCUT2D eigenvalue weighted by molar-refractivity contribution is 7.91. The smallest absolute Gasteiger partial charge is 0.229 e. The minimum atomic E-state index is -3.08. The molecule has 42 heavy (non-hydrogen) atoms. The van der Waals surface area contributed by atoms with Gasteiger partial charge in [-0.05, 0) is 50.6 Å². The van der Waals surface area contributed by atoms with E-state index in [1.807, 2.05) is 13.0 Å². The first-order valence-electron chi connectivity index (χ1n) is 14.0. The Morgan fingerprint density at radius 2 is 1.71 bits per heavy atom. The monoisotopic (exact) mass is 596 g/mol. The number of anilines is 3. The molecule has 0 spiro atoms. The van der Waals surface area contributed by atoms with Crippen LogP contribution in [0.2, 0.25) is 0 Å². The van der Waals surface area contributed by atoms with Crippen molar-refractivity contribution >= 4 is 38.3 Å². The summed E-state index contributed by atoms with van der Waals surface area (Å²) in [6, 6.07) is 7.09. The van der Waals surface area contributed by atoms with Gasteiger partial charge in [0.05, 0.1) is 29.1 Å². The zero-order valence-corrected chi connectivity index (χ0v) is 24.6. The number of piperazine rings is 1. The Hall–Kier alpha value is -3.68. The van der Waals surface area contributed by atoms with E-state index in [2.05, 4.69) is 39.3 Å². The molecule has 0 radical (unpaired) electrons. The van der Waals surface area contributed by atoms with Crippen molar-refractivity contribution < 1.29 is 17.2 Å². The van der Waals surface area contributed by atoms with E-state index < -0.39 is 21.5 Å². The minimum Gasteiger partial charge on any atom is -0.353 e. The zero-order valence-electron chi connectivity index (χ0n) is 23.8. The molecule has 4 aromatic rings. The fourth-order valence-corrected chi connectivity index (χ4v) is 7.07. The van der Waals surface area contributed by atoms with Crippen LogP contribution in [0.4, 0.5) is 26.2 Å². The number of sulfone groups is 1. The summed E-state index contributed by atoms with van der Waals surface area (Å²) in [5.41, 5.74) is 2.46. The maximum atomic E-state index is 15.2. The number of halogens is 2. The van der Waals surface area contributed by atoms with Crippen LogP contribution in [0.3, 0.4) is 0 Å². The van der Waals surface area contributed by atoms with Gasteiger partial charge in [0.25, 0.3) is 0 Å².